The molecule has 1 aromatic carbocycles. The van der Waals surface area contributed by atoms with Crippen molar-refractivity contribution in [1.29, 1.82) is 0 Å². The molecule has 1 aliphatic carbocycles. The molecule has 7 nitrogen and oxygen atoms in total. The van der Waals surface area contributed by atoms with Crippen molar-refractivity contribution >= 4 is 11.5 Å². The quantitative estimate of drug-likeness (QED) is 0.457. The van der Waals surface area contributed by atoms with E-state index in [-0.39, 0.29) is 36.0 Å². The molecular formula is C25H25F3N4O3. The van der Waals surface area contributed by atoms with Crippen LogP contribution in [0.25, 0.3) is 11.4 Å². The number of benzene rings is 1. The SMILES string of the molecule is C[C@@H]1C[C@H](c2ccncc2CC(=O)c2nc(-c3c(F)cccc3F)ncc2N)C[C@H](O)[C@]1(O)CF. The van der Waals surface area contributed by atoms with E-state index < -0.39 is 47.3 Å². The van der Waals surface area contributed by atoms with E-state index >= 15 is 0 Å². The van der Waals surface area contributed by atoms with Crippen molar-refractivity contribution in [3.05, 3.63) is 71.3 Å². The number of carbonyl (C=O) groups is 1. The number of nitrogen functional groups attached to an aromatic ring is 1. The largest absolute Gasteiger partial charge is 0.396 e. The van der Waals surface area contributed by atoms with Crippen LogP contribution in [0.1, 0.15) is 47.3 Å². The molecule has 0 amide bonds. The number of anilines is 1. The topological polar surface area (TPSA) is 122 Å². The summed E-state index contributed by atoms with van der Waals surface area (Å²) in [6.07, 6.45) is 3.26. The number of ketones is 1. The number of nitrogens with two attached hydrogens (primary N) is 1. The Labute approximate surface area is 199 Å². The molecule has 0 saturated heterocycles. The van der Waals surface area contributed by atoms with Gasteiger partial charge in [0.15, 0.2) is 11.6 Å². The van der Waals surface area contributed by atoms with Gasteiger partial charge in [-0.05, 0) is 54.0 Å². The Morgan fingerprint density at radius 1 is 1.20 bits per heavy atom. The van der Waals surface area contributed by atoms with Gasteiger partial charge in [0, 0.05) is 18.8 Å². The molecule has 2 aromatic heterocycles. The van der Waals surface area contributed by atoms with Crippen LogP contribution in [0.3, 0.4) is 0 Å². The second kappa shape index (κ2) is 9.71. The Morgan fingerprint density at radius 2 is 1.91 bits per heavy atom. The summed E-state index contributed by atoms with van der Waals surface area (Å²) in [7, 11) is 0. The zero-order valence-electron chi connectivity index (χ0n) is 19.0. The molecule has 4 atom stereocenters. The first-order chi connectivity index (χ1) is 16.7. The molecular weight excluding hydrogens is 461 g/mol. The van der Waals surface area contributed by atoms with Crippen LogP contribution in [-0.4, -0.2) is 49.3 Å². The molecule has 2 heterocycles. The number of halogens is 3. The van der Waals surface area contributed by atoms with Crippen LogP contribution in [0, 0.1) is 17.6 Å². The van der Waals surface area contributed by atoms with Gasteiger partial charge in [-0.15, -0.1) is 0 Å². The van der Waals surface area contributed by atoms with E-state index in [2.05, 4.69) is 15.0 Å². The Kier molecular flexibility index (Phi) is 6.86. The summed E-state index contributed by atoms with van der Waals surface area (Å²) in [5, 5.41) is 20.9. The molecule has 1 saturated carbocycles. The number of rotatable bonds is 6. The molecule has 0 aliphatic heterocycles. The van der Waals surface area contributed by atoms with E-state index in [0.717, 1.165) is 23.9 Å². The lowest BCUT2D eigenvalue weighted by molar-refractivity contribution is -0.146. The summed E-state index contributed by atoms with van der Waals surface area (Å²) < 4.78 is 41.9. The van der Waals surface area contributed by atoms with Crippen molar-refractivity contribution in [2.24, 2.45) is 5.92 Å². The maximum atomic E-state index is 14.2. The number of aliphatic hydroxyl groups is 2. The molecule has 3 aromatic rings. The van der Waals surface area contributed by atoms with E-state index in [4.69, 9.17) is 5.73 Å². The monoisotopic (exact) mass is 486 g/mol. The number of pyridine rings is 1. The van der Waals surface area contributed by atoms with Crippen molar-refractivity contribution in [2.75, 3.05) is 12.4 Å². The van der Waals surface area contributed by atoms with Crippen molar-refractivity contribution in [1.82, 2.24) is 15.0 Å². The van der Waals surface area contributed by atoms with Crippen molar-refractivity contribution in [3.8, 4) is 11.4 Å². The van der Waals surface area contributed by atoms with Gasteiger partial charge in [-0.1, -0.05) is 13.0 Å². The zero-order valence-corrected chi connectivity index (χ0v) is 19.0. The average Bonchev–Trinajstić information content (AvgIpc) is 2.83. The summed E-state index contributed by atoms with van der Waals surface area (Å²) in [5.41, 5.74) is 4.69. The minimum atomic E-state index is -1.81. The highest BCUT2D eigenvalue weighted by Crippen LogP contribution is 2.43. The number of Topliss-reactive ketones (excluding diaryl/α,β-unsaturated/α-hetero) is 1. The van der Waals surface area contributed by atoms with E-state index in [1.807, 2.05) is 0 Å². The fourth-order valence-electron chi connectivity index (χ4n) is 4.69. The molecule has 1 aliphatic rings. The second-order valence-corrected chi connectivity index (χ2v) is 8.98. The molecule has 184 valence electrons. The first-order valence-electron chi connectivity index (χ1n) is 11.1. The molecule has 1 fully saturated rings. The van der Waals surface area contributed by atoms with Gasteiger partial charge in [-0.25, -0.2) is 23.1 Å². The molecule has 35 heavy (non-hydrogen) atoms. The van der Waals surface area contributed by atoms with Crippen LogP contribution >= 0.6 is 0 Å². The number of aromatic nitrogens is 3. The van der Waals surface area contributed by atoms with Crippen LogP contribution in [0.4, 0.5) is 18.9 Å². The number of alkyl halides is 1. The van der Waals surface area contributed by atoms with Gasteiger partial charge >= 0.3 is 0 Å². The predicted octanol–water partition coefficient (Wildman–Crippen LogP) is 3.40. The standard InChI is InChI=1S/C25H25F3N4O3/c1-13-7-14(9-21(34)25(13,35)12-26)16-5-6-30-10-15(16)8-20(33)23-19(29)11-31-24(32-23)22-17(27)3-2-4-18(22)28/h2-6,10-11,13-14,21,34-35H,7-9,12,29H2,1H3/t13-,14+,21+,25+/m1/s1. The van der Waals surface area contributed by atoms with Gasteiger partial charge in [-0.3, -0.25) is 9.78 Å². The zero-order chi connectivity index (χ0) is 25.3. The number of hydrogen-bond acceptors (Lipinski definition) is 7. The number of carbonyl (C=O) groups excluding carboxylic acids is 1. The first kappa shape index (κ1) is 24.7. The molecule has 10 heteroatoms. The van der Waals surface area contributed by atoms with Gasteiger partial charge in [0.05, 0.1) is 23.6 Å². The van der Waals surface area contributed by atoms with Crippen LogP contribution in [-0.2, 0) is 6.42 Å². The van der Waals surface area contributed by atoms with Gasteiger partial charge in [0.1, 0.15) is 29.6 Å². The summed E-state index contributed by atoms with van der Waals surface area (Å²) in [6, 6.07) is 5.05. The Balaban J connectivity index is 1.63. The minimum Gasteiger partial charge on any atom is -0.396 e. The van der Waals surface area contributed by atoms with E-state index in [1.165, 1.54) is 12.3 Å². The van der Waals surface area contributed by atoms with E-state index in [9.17, 15) is 28.2 Å². The summed E-state index contributed by atoms with van der Waals surface area (Å²) in [6.45, 7) is 0.619. The average molecular weight is 486 g/mol. The Hall–Kier alpha value is -3.37. The van der Waals surface area contributed by atoms with Crippen molar-refractivity contribution in [2.45, 2.75) is 43.8 Å². The van der Waals surface area contributed by atoms with Gasteiger partial charge in [0.25, 0.3) is 0 Å². The second-order valence-electron chi connectivity index (χ2n) is 8.98. The maximum absolute atomic E-state index is 14.2. The molecule has 0 radical (unpaired) electrons. The highest BCUT2D eigenvalue weighted by molar-refractivity contribution is 6.00. The fraction of sp³-hybridized carbons (Fsp3) is 0.360. The third-order valence-corrected chi connectivity index (χ3v) is 6.79. The number of hydrogen-bond donors (Lipinski definition) is 3. The number of nitrogens with zero attached hydrogens (tertiary/aromatic N) is 3. The van der Waals surface area contributed by atoms with Gasteiger partial charge < -0.3 is 15.9 Å². The first-order valence-corrected chi connectivity index (χ1v) is 11.1. The van der Waals surface area contributed by atoms with E-state index in [0.29, 0.717) is 12.0 Å². The molecule has 0 bridgehead atoms. The van der Waals surface area contributed by atoms with Crippen molar-refractivity contribution < 1.29 is 28.2 Å². The van der Waals surface area contributed by atoms with Gasteiger partial charge in [-0.2, -0.15) is 0 Å². The Bertz CT molecular complexity index is 1220. The minimum absolute atomic E-state index is 0.0457. The van der Waals surface area contributed by atoms with E-state index in [1.54, 1.807) is 19.2 Å². The smallest absolute Gasteiger partial charge is 0.187 e. The lowest BCUT2D eigenvalue weighted by Crippen LogP contribution is -2.54. The molecule has 0 unspecified atom stereocenters. The summed E-state index contributed by atoms with van der Waals surface area (Å²) in [4.78, 5) is 25.2. The number of aliphatic hydroxyl groups excluding tert-OH is 1. The molecule has 4 rings (SSSR count). The lowest BCUT2D eigenvalue weighted by Gasteiger charge is -2.44. The van der Waals surface area contributed by atoms with Crippen molar-refractivity contribution in [3.63, 3.8) is 0 Å². The normalized spacial score (nSPS) is 24.3. The molecule has 0 spiro atoms. The van der Waals surface area contributed by atoms with Crippen LogP contribution < -0.4 is 5.73 Å². The van der Waals surface area contributed by atoms with Crippen LogP contribution in [0.2, 0.25) is 0 Å². The van der Waals surface area contributed by atoms with Crippen LogP contribution in [0.5, 0.6) is 0 Å². The van der Waals surface area contributed by atoms with Gasteiger partial charge in [0.2, 0.25) is 0 Å². The third-order valence-electron chi connectivity index (χ3n) is 6.79. The highest BCUT2D eigenvalue weighted by atomic mass is 19.1. The predicted molar refractivity (Wildman–Crippen MR) is 122 cm³/mol. The fourth-order valence-corrected chi connectivity index (χ4v) is 4.69. The Morgan fingerprint density at radius 3 is 2.57 bits per heavy atom. The summed E-state index contributed by atoms with van der Waals surface area (Å²) >= 11 is 0. The maximum Gasteiger partial charge on any atom is 0.187 e. The highest BCUT2D eigenvalue weighted by Gasteiger charge is 2.47. The third kappa shape index (κ3) is 4.63. The van der Waals surface area contributed by atoms with Crippen LogP contribution in [0.15, 0.2) is 42.9 Å². The molecule has 4 N–H and O–H groups in total. The lowest BCUT2D eigenvalue weighted by atomic mass is 9.68. The summed E-state index contributed by atoms with van der Waals surface area (Å²) in [5.74, 6) is -3.33.